The van der Waals surface area contributed by atoms with Crippen LogP contribution in [0, 0.1) is 6.92 Å². The van der Waals surface area contributed by atoms with Gasteiger partial charge >= 0.3 is 0 Å². The second kappa shape index (κ2) is 7.70. The first kappa shape index (κ1) is 18.6. The van der Waals surface area contributed by atoms with E-state index in [1.54, 1.807) is 42.5 Å². The van der Waals surface area contributed by atoms with Gasteiger partial charge in [0.25, 0.3) is 0 Å². The summed E-state index contributed by atoms with van der Waals surface area (Å²) in [6.07, 6.45) is 1.75. The number of carbonyl (C=O) groups excluding carboxylic acids is 1. The molecule has 0 bridgehead atoms. The second-order valence-electron chi connectivity index (χ2n) is 6.50. The highest BCUT2D eigenvalue weighted by molar-refractivity contribution is 6.35. The molecule has 3 aromatic carbocycles. The lowest BCUT2D eigenvalue weighted by atomic mass is 10.1. The van der Waals surface area contributed by atoms with E-state index < -0.39 is 0 Å². The number of allylic oxidation sites excluding steroid dienone is 1. The van der Waals surface area contributed by atoms with Crippen LogP contribution in [0.15, 0.2) is 66.4 Å². The fourth-order valence-corrected chi connectivity index (χ4v) is 3.50. The monoisotopic (exact) mass is 410 g/mol. The molecule has 0 aliphatic carbocycles. The minimum absolute atomic E-state index is 0.141. The van der Waals surface area contributed by atoms with E-state index >= 15 is 0 Å². The molecule has 3 nitrogen and oxygen atoms in total. The molecule has 0 unspecified atom stereocenters. The highest BCUT2D eigenvalue weighted by Crippen LogP contribution is 2.35. The molecule has 0 radical (unpaired) electrons. The molecule has 3 aromatic rings. The number of halogens is 2. The zero-order chi connectivity index (χ0) is 19.7. The number of hydrogen-bond donors (Lipinski definition) is 0. The van der Waals surface area contributed by atoms with Gasteiger partial charge in [0.15, 0.2) is 5.76 Å². The van der Waals surface area contributed by atoms with Gasteiger partial charge in [0.2, 0.25) is 5.78 Å². The maximum Gasteiger partial charge on any atom is 0.231 e. The summed E-state index contributed by atoms with van der Waals surface area (Å²) in [5, 5.41) is 1.09. The number of aryl methyl sites for hydroxylation is 1. The van der Waals surface area contributed by atoms with Crippen LogP contribution in [0.4, 0.5) is 0 Å². The number of hydrogen-bond acceptors (Lipinski definition) is 3. The van der Waals surface area contributed by atoms with E-state index in [9.17, 15) is 4.79 Å². The molecule has 5 heteroatoms. The average molecular weight is 411 g/mol. The number of ketones is 1. The van der Waals surface area contributed by atoms with Gasteiger partial charge < -0.3 is 9.47 Å². The Morgan fingerprint density at radius 2 is 1.75 bits per heavy atom. The smallest absolute Gasteiger partial charge is 0.231 e. The Hall–Kier alpha value is -2.75. The molecule has 0 atom stereocenters. The SMILES string of the molecule is Cc1cccc(C=C2Oc3cc(OCc4c(Cl)cccc4Cl)ccc3C2=O)c1. The van der Waals surface area contributed by atoms with Crippen molar-refractivity contribution in [2.24, 2.45) is 0 Å². The highest BCUT2D eigenvalue weighted by Gasteiger charge is 2.27. The molecule has 0 N–H and O–H groups in total. The molecular formula is C23H16Cl2O3. The third-order valence-corrected chi connectivity index (χ3v) is 5.13. The maximum atomic E-state index is 12.6. The normalized spacial score (nSPS) is 14.1. The van der Waals surface area contributed by atoms with E-state index in [0.717, 1.165) is 11.1 Å². The van der Waals surface area contributed by atoms with Gasteiger partial charge in [-0.2, -0.15) is 0 Å². The van der Waals surface area contributed by atoms with E-state index in [-0.39, 0.29) is 12.4 Å². The summed E-state index contributed by atoms with van der Waals surface area (Å²) >= 11 is 12.3. The van der Waals surface area contributed by atoms with E-state index in [4.69, 9.17) is 32.7 Å². The van der Waals surface area contributed by atoms with Crippen molar-refractivity contribution < 1.29 is 14.3 Å². The summed E-state index contributed by atoms with van der Waals surface area (Å²) in [7, 11) is 0. The summed E-state index contributed by atoms with van der Waals surface area (Å²) < 4.78 is 11.6. The lowest BCUT2D eigenvalue weighted by Gasteiger charge is -2.10. The molecule has 1 aliphatic rings. The molecular weight excluding hydrogens is 395 g/mol. The number of carbonyl (C=O) groups is 1. The minimum atomic E-state index is -0.141. The third-order valence-electron chi connectivity index (χ3n) is 4.43. The van der Waals surface area contributed by atoms with Crippen LogP contribution in [-0.4, -0.2) is 5.78 Å². The summed E-state index contributed by atoms with van der Waals surface area (Å²) in [5.74, 6) is 1.20. The van der Waals surface area contributed by atoms with E-state index in [1.165, 1.54) is 0 Å². The summed E-state index contributed by atoms with van der Waals surface area (Å²) in [6, 6.07) is 18.3. The van der Waals surface area contributed by atoms with Gasteiger partial charge in [0.1, 0.15) is 18.1 Å². The molecule has 1 aliphatic heterocycles. The summed E-state index contributed by atoms with van der Waals surface area (Å²) in [6.45, 7) is 2.22. The Balaban J connectivity index is 1.54. The Labute approximate surface area is 173 Å². The van der Waals surface area contributed by atoms with Gasteiger partial charge in [-0.15, -0.1) is 0 Å². The molecule has 0 saturated heterocycles. The maximum absolute atomic E-state index is 12.6. The number of rotatable bonds is 4. The van der Waals surface area contributed by atoms with Crippen molar-refractivity contribution in [2.45, 2.75) is 13.5 Å². The first-order valence-electron chi connectivity index (χ1n) is 8.72. The lowest BCUT2D eigenvalue weighted by Crippen LogP contribution is -1.98. The molecule has 0 fully saturated rings. The first-order valence-corrected chi connectivity index (χ1v) is 9.47. The number of fused-ring (bicyclic) bond motifs is 1. The molecule has 0 amide bonds. The van der Waals surface area contributed by atoms with Gasteiger partial charge in [-0.1, -0.05) is 59.1 Å². The van der Waals surface area contributed by atoms with E-state index in [0.29, 0.717) is 38.4 Å². The standard InChI is InChI=1S/C23H16Cl2O3/c1-14-4-2-5-15(10-14)11-22-23(26)17-9-8-16(12-21(17)28-22)27-13-18-19(24)6-3-7-20(18)25/h2-12H,13H2,1H3. The largest absolute Gasteiger partial charge is 0.489 e. The lowest BCUT2D eigenvalue weighted by molar-refractivity contribution is 0.101. The van der Waals surface area contributed by atoms with Crippen molar-refractivity contribution in [3.05, 3.63) is 98.7 Å². The first-order chi connectivity index (χ1) is 13.5. The summed E-state index contributed by atoms with van der Waals surface area (Å²) in [5.41, 5.74) is 3.26. The molecule has 1 heterocycles. The number of ether oxygens (including phenoxy) is 2. The van der Waals surface area contributed by atoms with Crippen LogP contribution >= 0.6 is 23.2 Å². The van der Waals surface area contributed by atoms with Crippen molar-refractivity contribution >= 4 is 35.1 Å². The fraction of sp³-hybridized carbons (Fsp3) is 0.0870. The van der Waals surface area contributed by atoms with Crippen LogP contribution in [0.25, 0.3) is 6.08 Å². The van der Waals surface area contributed by atoms with Gasteiger partial charge in [-0.05, 0) is 42.8 Å². The van der Waals surface area contributed by atoms with E-state index in [2.05, 4.69) is 0 Å². The Bertz CT molecular complexity index is 1080. The van der Waals surface area contributed by atoms with Crippen molar-refractivity contribution in [1.29, 1.82) is 0 Å². The molecule has 140 valence electrons. The number of Topliss-reactive ketones (excluding diaryl/α,β-unsaturated/α-hetero) is 1. The van der Waals surface area contributed by atoms with Crippen LogP contribution in [0.5, 0.6) is 11.5 Å². The Kier molecular flexibility index (Phi) is 5.12. The van der Waals surface area contributed by atoms with Crippen LogP contribution in [0.2, 0.25) is 10.0 Å². The quantitative estimate of drug-likeness (QED) is 0.460. The minimum Gasteiger partial charge on any atom is -0.489 e. The predicted molar refractivity (Wildman–Crippen MR) is 111 cm³/mol. The van der Waals surface area contributed by atoms with Crippen LogP contribution < -0.4 is 9.47 Å². The van der Waals surface area contributed by atoms with Crippen LogP contribution in [-0.2, 0) is 6.61 Å². The zero-order valence-corrected chi connectivity index (χ0v) is 16.6. The van der Waals surface area contributed by atoms with Gasteiger partial charge in [-0.3, -0.25) is 4.79 Å². The molecule has 0 saturated carbocycles. The third kappa shape index (κ3) is 3.77. The molecule has 0 spiro atoms. The fourth-order valence-electron chi connectivity index (χ4n) is 2.99. The van der Waals surface area contributed by atoms with E-state index in [1.807, 2.05) is 31.2 Å². The zero-order valence-electron chi connectivity index (χ0n) is 15.0. The topological polar surface area (TPSA) is 35.5 Å². The molecule has 0 aromatic heterocycles. The van der Waals surface area contributed by atoms with Crippen LogP contribution in [0.3, 0.4) is 0 Å². The average Bonchev–Trinajstić information content (AvgIpc) is 2.96. The highest BCUT2D eigenvalue weighted by atomic mass is 35.5. The molecule has 4 rings (SSSR count). The summed E-state index contributed by atoms with van der Waals surface area (Å²) in [4.78, 5) is 12.6. The Morgan fingerprint density at radius 3 is 2.50 bits per heavy atom. The van der Waals surface area contributed by atoms with Crippen molar-refractivity contribution in [3.8, 4) is 11.5 Å². The van der Waals surface area contributed by atoms with Gasteiger partial charge in [0, 0.05) is 21.7 Å². The van der Waals surface area contributed by atoms with Gasteiger partial charge in [-0.25, -0.2) is 0 Å². The van der Waals surface area contributed by atoms with Crippen molar-refractivity contribution in [1.82, 2.24) is 0 Å². The number of benzene rings is 3. The predicted octanol–water partition coefficient (Wildman–Crippen LogP) is 6.50. The van der Waals surface area contributed by atoms with Crippen molar-refractivity contribution in [2.75, 3.05) is 0 Å². The van der Waals surface area contributed by atoms with Gasteiger partial charge in [0.05, 0.1) is 5.56 Å². The Morgan fingerprint density at radius 1 is 1.00 bits per heavy atom. The van der Waals surface area contributed by atoms with Crippen LogP contribution in [0.1, 0.15) is 27.0 Å². The second-order valence-corrected chi connectivity index (χ2v) is 7.32. The van der Waals surface area contributed by atoms with Crippen molar-refractivity contribution in [3.63, 3.8) is 0 Å². The molecule has 28 heavy (non-hydrogen) atoms.